The van der Waals surface area contributed by atoms with Gasteiger partial charge in [0.15, 0.2) is 0 Å². The molecule has 0 saturated carbocycles. The Morgan fingerprint density at radius 1 is 1.42 bits per heavy atom. The number of carbonyl (C=O) groups excluding carboxylic acids is 1. The molecule has 0 rings (SSSR count). The fourth-order valence-corrected chi connectivity index (χ4v) is 0.462. The van der Waals surface area contributed by atoms with E-state index in [4.69, 9.17) is 9.84 Å². The van der Waals surface area contributed by atoms with Gasteiger partial charge in [0.05, 0.1) is 0 Å². The molecule has 5 nitrogen and oxygen atoms in total. The third-order valence-corrected chi connectivity index (χ3v) is 0.783. The van der Waals surface area contributed by atoms with Gasteiger partial charge >= 0.3 is 12.1 Å². The molecular weight excluding hydrogens is 163 g/mol. The van der Waals surface area contributed by atoms with Gasteiger partial charge in [-0.2, -0.15) is 0 Å². The van der Waals surface area contributed by atoms with Gasteiger partial charge in [-0.05, 0) is 20.8 Å². The van der Waals surface area contributed by atoms with Crippen molar-refractivity contribution >= 4 is 12.1 Å². The zero-order chi connectivity index (χ0) is 9.78. The number of hydrogen-bond donors (Lipinski definition) is 2. The van der Waals surface area contributed by atoms with Gasteiger partial charge in [-0.15, -0.1) is 0 Å². The Kier molecular flexibility index (Phi) is 3.53. The van der Waals surface area contributed by atoms with Crippen LogP contribution in [0.15, 0.2) is 0 Å². The lowest BCUT2D eigenvalue weighted by Gasteiger charge is -2.19. The molecule has 0 aromatic carbocycles. The lowest BCUT2D eigenvalue weighted by atomic mass is 10.2. The summed E-state index contributed by atoms with van der Waals surface area (Å²) in [5.74, 6) is -1.10. The Labute approximate surface area is 70.7 Å². The zero-order valence-corrected chi connectivity index (χ0v) is 7.38. The molecule has 0 aliphatic rings. The maximum absolute atomic E-state index is 10.8. The van der Waals surface area contributed by atoms with Crippen LogP contribution in [0.2, 0.25) is 0 Å². The Hall–Kier alpha value is -1.26. The topological polar surface area (TPSA) is 75.6 Å². The van der Waals surface area contributed by atoms with Crippen LogP contribution >= 0.6 is 0 Å². The van der Waals surface area contributed by atoms with Crippen molar-refractivity contribution in [2.24, 2.45) is 0 Å². The molecule has 12 heavy (non-hydrogen) atoms. The number of rotatable bonds is 2. The molecule has 0 heterocycles. The Morgan fingerprint density at radius 3 is 2.25 bits per heavy atom. The molecule has 0 aliphatic carbocycles. The van der Waals surface area contributed by atoms with Crippen LogP contribution in [0.4, 0.5) is 4.79 Å². The van der Waals surface area contributed by atoms with Crippen LogP contribution in [0, 0.1) is 0 Å². The molecule has 0 aliphatic heterocycles. The summed E-state index contributed by atoms with van der Waals surface area (Å²) >= 11 is 0. The summed E-state index contributed by atoms with van der Waals surface area (Å²) in [5, 5.41) is 10.3. The molecule has 0 fully saturated rings. The standard InChI is InChI=1S/C7H13NO4/c1-7(2,3)12-6(11)8-4-5(9)10/h4H2,1-3H3,(H,8,11)(H,9,10)/i4+1. The molecular formula is C7H13NO4. The monoisotopic (exact) mass is 176 g/mol. The van der Waals surface area contributed by atoms with Gasteiger partial charge in [0, 0.05) is 0 Å². The first-order chi connectivity index (χ1) is 5.31. The Morgan fingerprint density at radius 2 is 1.92 bits per heavy atom. The smallest absolute Gasteiger partial charge is 0.408 e. The molecule has 0 aromatic rings. The SMILES string of the molecule is CC(C)(C)OC(=O)N[13CH2]C(=O)O. The van der Waals surface area contributed by atoms with E-state index in [9.17, 15) is 9.59 Å². The van der Waals surface area contributed by atoms with Crippen LogP contribution in [-0.2, 0) is 9.53 Å². The van der Waals surface area contributed by atoms with E-state index >= 15 is 0 Å². The summed E-state index contributed by atoms with van der Waals surface area (Å²) < 4.78 is 4.77. The minimum absolute atomic E-state index is 0.422. The van der Waals surface area contributed by atoms with E-state index in [1.807, 2.05) is 0 Å². The number of nitrogens with one attached hydrogen (secondary N) is 1. The molecule has 0 saturated heterocycles. The number of carboxylic acids is 1. The van der Waals surface area contributed by atoms with Gasteiger partial charge in [-0.25, -0.2) is 4.79 Å². The fourth-order valence-electron chi connectivity index (χ4n) is 0.462. The first-order valence-electron chi connectivity index (χ1n) is 3.50. The predicted octanol–water partition coefficient (Wildman–Crippen LogP) is 0.596. The highest BCUT2D eigenvalue weighted by Gasteiger charge is 2.15. The summed E-state index contributed by atoms with van der Waals surface area (Å²) in [6.45, 7) is 4.68. The lowest BCUT2D eigenvalue weighted by molar-refractivity contribution is -0.136. The van der Waals surface area contributed by atoms with E-state index in [1.54, 1.807) is 20.8 Å². The number of alkyl carbamates (subject to hydrolysis) is 1. The average molecular weight is 176 g/mol. The molecule has 1 amide bonds. The van der Waals surface area contributed by atoms with E-state index in [0.717, 1.165) is 0 Å². The lowest BCUT2D eigenvalue weighted by Crippen LogP contribution is -2.35. The normalized spacial score (nSPS) is 10.6. The number of carboxylic acid groups (broad SMARTS) is 1. The summed E-state index contributed by atoms with van der Waals surface area (Å²) in [6, 6.07) is 0. The van der Waals surface area contributed by atoms with Crippen molar-refractivity contribution in [2.45, 2.75) is 26.4 Å². The minimum atomic E-state index is -1.10. The maximum atomic E-state index is 10.8. The first-order valence-corrected chi connectivity index (χ1v) is 3.50. The second-order valence-electron chi connectivity index (χ2n) is 3.25. The van der Waals surface area contributed by atoms with Gasteiger partial charge < -0.3 is 15.2 Å². The molecule has 0 atom stereocenters. The summed E-state index contributed by atoms with van der Waals surface area (Å²) in [5.41, 5.74) is -0.595. The summed E-state index contributed by atoms with van der Waals surface area (Å²) in [7, 11) is 0. The van der Waals surface area contributed by atoms with Crippen LogP contribution < -0.4 is 5.32 Å². The van der Waals surface area contributed by atoms with E-state index in [2.05, 4.69) is 5.32 Å². The average Bonchev–Trinajstić information content (AvgIpc) is 1.79. The highest BCUT2D eigenvalue weighted by Crippen LogP contribution is 2.05. The van der Waals surface area contributed by atoms with Crippen molar-refractivity contribution in [1.82, 2.24) is 5.32 Å². The number of hydrogen-bond acceptors (Lipinski definition) is 3. The van der Waals surface area contributed by atoms with Crippen LogP contribution in [0.3, 0.4) is 0 Å². The van der Waals surface area contributed by atoms with Gasteiger partial charge in [-0.3, -0.25) is 4.79 Å². The maximum Gasteiger partial charge on any atom is 0.408 e. The van der Waals surface area contributed by atoms with Crippen molar-refractivity contribution in [3.63, 3.8) is 0 Å². The van der Waals surface area contributed by atoms with Crippen LogP contribution in [0.25, 0.3) is 0 Å². The van der Waals surface area contributed by atoms with Gasteiger partial charge in [0.25, 0.3) is 0 Å². The molecule has 0 bridgehead atoms. The van der Waals surface area contributed by atoms with Crippen LogP contribution in [-0.4, -0.2) is 29.3 Å². The van der Waals surface area contributed by atoms with Crippen molar-refractivity contribution < 1.29 is 19.4 Å². The molecule has 5 heteroatoms. The largest absolute Gasteiger partial charge is 0.480 e. The number of ether oxygens (including phenoxy) is 1. The highest BCUT2D eigenvalue weighted by atomic mass is 16.6. The van der Waals surface area contributed by atoms with Crippen molar-refractivity contribution in [3.8, 4) is 0 Å². The molecule has 0 spiro atoms. The third kappa shape index (κ3) is 6.85. The first kappa shape index (κ1) is 10.7. The van der Waals surface area contributed by atoms with E-state index < -0.39 is 24.2 Å². The Balaban J connectivity index is 3.68. The quantitative estimate of drug-likeness (QED) is 0.604. The van der Waals surface area contributed by atoms with Crippen molar-refractivity contribution in [2.75, 3.05) is 6.54 Å². The van der Waals surface area contributed by atoms with E-state index in [0.29, 0.717) is 0 Å². The molecule has 0 radical (unpaired) electrons. The number of aliphatic carboxylic acids is 1. The summed E-state index contributed by atoms with van der Waals surface area (Å²) in [6.07, 6.45) is -0.718. The van der Waals surface area contributed by atoms with Gasteiger partial charge in [-0.1, -0.05) is 0 Å². The van der Waals surface area contributed by atoms with Crippen LogP contribution in [0.1, 0.15) is 20.8 Å². The van der Waals surface area contributed by atoms with E-state index in [1.165, 1.54) is 0 Å². The molecule has 2 N–H and O–H groups in total. The van der Waals surface area contributed by atoms with E-state index in [-0.39, 0.29) is 0 Å². The summed E-state index contributed by atoms with van der Waals surface area (Å²) in [4.78, 5) is 20.8. The number of amides is 1. The zero-order valence-electron chi connectivity index (χ0n) is 7.38. The van der Waals surface area contributed by atoms with Gasteiger partial charge in [0.1, 0.15) is 12.1 Å². The second kappa shape index (κ2) is 3.94. The molecule has 70 valence electrons. The van der Waals surface area contributed by atoms with Gasteiger partial charge in [0.2, 0.25) is 0 Å². The van der Waals surface area contributed by atoms with Crippen LogP contribution in [0.5, 0.6) is 0 Å². The molecule has 0 aromatic heterocycles. The fraction of sp³-hybridized carbons (Fsp3) is 0.714. The van der Waals surface area contributed by atoms with Crippen molar-refractivity contribution in [1.29, 1.82) is 0 Å². The third-order valence-electron chi connectivity index (χ3n) is 0.783. The highest BCUT2D eigenvalue weighted by molar-refractivity contribution is 5.76. The second-order valence-corrected chi connectivity index (χ2v) is 3.25. The minimum Gasteiger partial charge on any atom is -0.480 e. The Bertz CT molecular complexity index is 182. The molecule has 0 unspecified atom stereocenters. The van der Waals surface area contributed by atoms with Crippen molar-refractivity contribution in [3.05, 3.63) is 0 Å². The predicted molar refractivity (Wildman–Crippen MR) is 41.9 cm³/mol. The number of carbonyl (C=O) groups is 2.